The third-order valence-electron chi connectivity index (χ3n) is 4.28. The van der Waals surface area contributed by atoms with Crippen LogP contribution >= 0.6 is 0 Å². The Bertz CT molecular complexity index is 543. The molecule has 2 N–H and O–H groups in total. The molecule has 112 valence electrons. The lowest BCUT2D eigenvalue weighted by Crippen LogP contribution is -2.29. The molecule has 0 spiro atoms. The van der Waals surface area contributed by atoms with Crippen molar-refractivity contribution in [3.8, 4) is 0 Å². The Morgan fingerprint density at radius 1 is 1.25 bits per heavy atom. The molecule has 1 aliphatic rings. The van der Waals surface area contributed by atoms with Gasteiger partial charge in [0, 0.05) is 30.2 Å². The smallest absolute Gasteiger partial charge is 0.154 e. The summed E-state index contributed by atoms with van der Waals surface area (Å²) in [5.74, 6) is 0.0970. The minimum Gasteiger partial charge on any atom is -0.381 e. The predicted octanol–water partition coefficient (Wildman–Crippen LogP) is 1.57. The Hall–Kier alpha value is -0.910. The number of benzene rings is 1. The first-order chi connectivity index (χ1) is 9.53. The fraction of sp³-hybridized carbons (Fsp3) is 0.600. The SMILES string of the molecule is CCOCC1(CN)C(c2ccccc2)C1S(=O)(=O)CC. The monoisotopic (exact) mass is 297 g/mol. The van der Waals surface area contributed by atoms with Crippen molar-refractivity contribution in [2.45, 2.75) is 25.0 Å². The molecule has 1 fully saturated rings. The third-order valence-corrected chi connectivity index (χ3v) is 6.60. The zero-order valence-electron chi connectivity index (χ0n) is 12.1. The van der Waals surface area contributed by atoms with E-state index in [0.29, 0.717) is 19.8 Å². The fourth-order valence-corrected chi connectivity index (χ4v) is 5.28. The molecule has 3 atom stereocenters. The zero-order chi connectivity index (χ0) is 14.8. The van der Waals surface area contributed by atoms with E-state index < -0.39 is 20.5 Å². The summed E-state index contributed by atoms with van der Waals surface area (Å²) < 4.78 is 30.3. The minimum atomic E-state index is -3.13. The maximum absolute atomic E-state index is 12.4. The molecule has 1 aliphatic carbocycles. The maximum atomic E-state index is 12.4. The number of hydrogen-bond acceptors (Lipinski definition) is 4. The predicted molar refractivity (Wildman–Crippen MR) is 80.4 cm³/mol. The van der Waals surface area contributed by atoms with Crippen LogP contribution in [0.3, 0.4) is 0 Å². The highest BCUT2D eigenvalue weighted by molar-refractivity contribution is 7.92. The Morgan fingerprint density at radius 2 is 1.90 bits per heavy atom. The van der Waals surface area contributed by atoms with Gasteiger partial charge in [-0.1, -0.05) is 37.3 Å². The van der Waals surface area contributed by atoms with E-state index in [1.54, 1.807) is 6.92 Å². The van der Waals surface area contributed by atoms with Crippen LogP contribution in [-0.4, -0.2) is 39.2 Å². The third kappa shape index (κ3) is 2.50. The molecule has 1 aromatic carbocycles. The van der Waals surface area contributed by atoms with Crippen LogP contribution in [0.5, 0.6) is 0 Å². The first-order valence-electron chi connectivity index (χ1n) is 7.07. The molecule has 0 heterocycles. The first kappa shape index (κ1) is 15.5. The summed E-state index contributed by atoms with van der Waals surface area (Å²) in [5, 5.41) is -0.418. The molecule has 4 nitrogen and oxygen atoms in total. The van der Waals surface area contributed by atoms with Gasteiger partial charge in [-0.3, -0.25) is 0 Å². The number of hydrogen-bond donors (Lipinski definition) is 1. The van der Waals surface area contributed by atoms with E-state index in [1.807, 2.05) is 37.3 Å². The summed E-state index contributed by atoms with van der Waals surface area (Å²) in [6.45, 7) is 4.91. The Labute approximate surface area is 121 Å². The fourth-order valence-electron chi connectivity index (χ4n) is 3.13. The van der Waals surface area contributed by atoms with E-state index >= 15 is 0 Å². The van der Waals surface area contributed by atoms with Crippen LogP contribution in [0.25, 0.3) is 0 Å². The van der Waals surface area contributed by atoms with E-state index in [0.717, 1.165) is 5.56 Å². The number of sulfone groups is 1. The van der Waals surface area contributed by atoms with Gasteiger partial charge in [-0.15, -0.1) is 0 Å². The average Bonchev–Trinajstić information content (AvgIpc) is 3.16. The topological polar surface area (TPSA) is 69.4 Å². The van der Waals surface area contributed by atoms with Crippen LogP contribution in [0, 0.1) is 5.41 Å². The van der Waals surface area contributed by atoms with Gasteiger partial charge in [0.05, 0.1) is 11.9 Å². The van der Waals surface area contributed by atoms with Gasteiger partial charge in [-0.25, -0.2) is 8.42 Å². The number of rotatable bonds is 7. The quantitative estimate of drug-likeness (QED) is 0.829. The summed E-state index contributed by atoms with van der Waals surface area (Å²) in [7, 11) is -3.13. The molecule has 20 heavy (non-hydrogen) atoms. The van der Waals surface area contributed by atoms with Crippen LogP contribution in [0.2, 0.25) is 0 Å². The van der Waals surface area contributed by atoms with Gasteiger partial charge < -0.3 is 10.5 Å². The molecule has 0 amide bonds. The van der Waals surface area contributed by atoms with E-state index in [-0.39, 0.29) is 11.7 Å². The van der Waals surface area contributed by atoms with Crippen molar-refractivity contribution in [3.63, 3.8) is 0 Å². The van der Waals surface area contributed by atoms with Crippen molar-refractivity contribution in [1.82, 2.24) is 0 Å². The summed E-state index contributed by atoms with van der Waals surface area (Å²) in [4.78, 5) is 0. The van der Waals surface area contributed by atoms with E-state index in [1.165, 1.54) is 0 Å². The van der Waals surface area contributed by atoms with Crippen LogP contribution < -0.4 is 5.73 Å². The van der Waals surface area contributed by atoms with Crippen molar-refractivity contribution in [2.75, 3.05) is 25.5 Å². The average molecular weight is 297 g/mol. The van der Waals surface area contributed by atoms with Gasteiger partial charge >= 0.3 is 0 Å². The second-order valence-corrected chi connectivity index (χ2v) is 7.75. The molecule has 3 unspecified atom stereocenters. The molecule has 1 aromatic rings. The lowest BCUT2D eigenvalue weighted by molar-refractivity contribution is 0.101. The molecule has 2 rings (SSSR count). The molecular formula is C15H23NO3S. The Morgan fingerprint density at radius 3 is 2.40 bits per heavy atom. The van der Waals surface area contributed by atoms with Crippen LogP contribution in [-0.2, 0) is 14.6 Å². The van der Waals surface area contributed by atoms with E-state index in [2.05, 4.69) is 0 Å². The molecule has 1 saturated carbocycles. The lowest BCUT2D eigenvalue weighted by Gasteiger charge is -2.15. The molecule has 0 radical (unpaired) electrons. The van der Waals surface area contributed by atoms with Gasteiger partial charge in [0.1, 0.15) is 0 Å². The van der Waals surface area contributed by atoms with Crippen molar-refractivity contribution in [3.05, 3.63) is 35.9 Å². The second-order valence-electron chi connectivity index (χ2n) is 5.33. The lowest BCUT2D eigenvalue weighted by atomic mass is 10.0. The molecule has 5 heteroatoms. The van der Waals surface area contributed by atoms with Gasteiger partial charge in [0.25, 0.3) is 0 Å². The van der Waals surface area contributed by atoms with E-state index in [9.17, 15) is 8.42 Å². The van der Waals surface area contributed by atoms with E-state index in [4.69, 9.17) is 10.5 Å². The zero-order valence-corrected chi connectivity index (χ0v) is 12.9. The van der Waals surface area contributed by atoms with Gasteiger partial charge in [-0.05, 0) is 12.5 Å². The normalized spacial score (nSPS) is 29.4. The minimum absolute atomic E-state index is 0.0507. The van der Waals surface area contributed by atoms with Crippen LogP contribution in [0.4, 0.5) is 0 Å². The summed E-state index contributed by atoms with van der Waals surface area (Å²) >= 11 is 0. The number of ether oxygens (including phenoxy) is 1. The largest absolute Gasteiger partial charge is 0.381 e. The Kier molecular flexibility index (Phi) is 4.52. The van der Waals surface area contributed by atoms with Crippen molar-refractivity contribution in [2.24, 2.45) is 11.1 Å². The highest BCUT2D eigenvalue weighted by Gasteiger charge is 2.69. The molecule has 0 bridgehead atoms. The Balaban J connectivity index is 2.37. The van der Waals surface area contributed by atoms with Crippen molar-refractivity contribution >= 4 is 9.84 Å². The first-order valence-corrected chi connectivity index (χ1v) is 8.79. The van der Waals surface area contributed by atoms with Crippen molar-refractivity contribution < 1.29 is 13.2 Å². The highest BCUT2D eigenvalue weighted by Crippen LogP contribution is 2.62. The summed E-state index contributed by atoms with van der Waals surface area (Å²) in [5.41, 5.74) is 6.51. The van der Waals surface area contributed by atoms with Gasteiger partial charge in [0.15, 0.2) is 9.84 Å². The summed E-state index contributed by atoms with van der Waals surface area (Å²) in [6, 6.07) is 9.76. The van der Waals surface area contributed by atoms with Crippen molar-refractivity contribution in [1.29, 1.82) is 0 Å². The molecule has 0 aromatic heterocycles. The second kappa shape index (κ2) is 5.84. The van der Waals surface area contributed by atoms with Gasteiger partial charge in [-0.2, -0.15) is 0 Å². The standard InChI is InChI=1S/C15H23NO3S/c1-3-19-11-15(10-16)13(12-8-6-5-7-9-12)14(15)20(17,18)4-2/h5-9,13-14H,3-4,10-11,16H2,1-2H3. The number of nitrogens with two attached hydrogens (primary N) is 1. The van der Waals surface area contributed by atoms with Crippen LogP contribution in [0.15, 0.2) is 30.3 Å². The molecule has 0 saturated heterocycles. The molecule has 0 aliphatic heterocycles. The highest BCUT2D eigenvalue weighted by atomic mass is 32.2. The van der Waals surface area contributed by atoms with Crippen LogP contribution in [0.1, 0.15) is 25.3 Å². The van der Waals surface area contributed by atoms with Gasteiger partial charge in [0.2, 0.25) is 0 Å². The maximum Gasteiger partial charge on any atom is 0.154 e. The molecular weight excluding hydrogens is 274 g/mol. The summed E-state index contributed by atoms with van der Waals surface area (Å²) in [6.07, 6.45) is 0.